The third-order valence-corrected chi connectivity index (χ3v) is 5.04. The molecule has 1 aliphatic rings. The summed E-state index contributed by atoms with van der Waals surface area (Å²) in [6, 6.07) is 12.3. The number of aryl methyl sites for hydroxylation is 1. The summed E-state index contributed by atoms with van der Waals surface area (Å²) >= 11 is 0. The molecule has 1 aromatic heterocycles. The molecule has 1 fully saturated rings. The molecule has 6 nitrogen and oxygen atoms in total. The van der Waals surface area contributed by atoms with E-state index in [0.29, 0.717) is 18.5 Å². The fraction of sp³-hybridized carbons (Fsp3) is 0.476. The van der Waals surface area contributed by atoms with E-state index < -0.39 is 0 Å². The van der Waals surface area contributed by atoms with Gasteiger partial charge in [0.2, 0.25) is 11.9 Å². The lowest BCUT2D eigenvalue weighted by Crippen LogP contribution is -2.35. The molecule has 0 unspecified atom stereocenters. The number of carbonyl (C=O) groups is 1. The number of hydrogen-bond acceptors (Lipinski definition) is 5. The quantitative estimate of drug-likeness (QED) is 0.821. The maximum atomic E-state index is 12.4. The predicted molar refractivity (Wildman–Crippen MR) is 109 cm³/mol. The van der Waals surface area contributed by atoms with Crippen molar-refractivity contribution in [3.63, 3.8) is 0 Å². The summed E-state index contributed by atoms with van der Waals surface area (Å²) in [7, 11) is 3.95. The molecule has 0 atom stereocenters. The first kappa shape index (κ1) is 19.1. The van der Waals surface area contributed by atoms with E-state index in [1.807, 2.05) is 62.3 Å². The summed E-state index contributed by atoms with van der Waals surface area (Å²) in [6.07, 6.45) is 3.70. The first-order chi connectivity index (χ1) is 13.0. The average molecular weight is 367 g/mol. The van der Waals surface area contributed by atoms with Crippen molar-refractivity contribution in [2.45, 2.75) is 45.2 Å². The van der Waals surface area contributed by atoms with Crippen LogP contribution in [0, 0.1) is 12.8 Å². The van der Waals surface area contributed by atoms with Crippen LogP contribution in [0.3, 0.4) is 0 Å². The lowest BCUT2D eigenvalue weighted by atomic mass is 9.85. The Morgan fingerprint density at radius 3 is 2.48 bits per heavy atom. The predicted octanol–water partition coefficient (Wildman–Crippen LogP) is 3.14. The zero-order valence-corrected chi connectivity index (χ0v) is 16.4. The highest BCUT2D eigenvalue weighted by Gasteiger charge is 2.26. The molecule has 0 bridgehead atoms. The largest absolute Gasteiger partial charge is 0.363 e. The fourth-order valence-electron chi connectivity index (χ4n) is 3.46. The summed E-state index contributed by atoms with van der Waals surface area (Å²) in [4.78, 5) is 23.5. The summed E-state index contributed by atoms with van der Waals surface area (Å²) in [5.41, 5.74) is 2.08. The van der Waals surface area contributed by atoms with Crippen molar-refractivity contribution in [2.24, 2.45) is 5.92 Å². The van der Waals surface area contributed by atoms with Gasteiger partial charge in [-0.25, -0.2) is 4.98 Å². The van der Waals surface area contributed by atoms with Gasteiger partial charge in [0.05, 0.1) is 0 Å². The minimum atomic E-state index is 0.0996. The Bertz CT molecular complexity index is 754. The average Bonchev–Trinajstić information content (AvgIpc) is 2.67. The van der Waals surface area contributed by atoms with Crippen molar-refractivity contribution in [2.75, 3.05) is 24.3 Å². The normalized spacial score (nSPS) is 19.4. The second kappa shape index (κ2) is 8.84. The Morgan fingerprint density at radius 2 is 1.81 bits per heavy atom. The Kier molecular flexibility index (Phi) is 6.27. The molecule has 1 saturated carbocycles. The van der Waals surface area contributed by atoms with Crippen molar-refractivity contribution in [1.29, 1.82) is 0 Å². The van der Waals surface area contributed by atoms with E-state index in [1.165, 1.54) is 0 Å². The van der Waals surface area contributed by atoms with Crippen LogP contribution in [0.25, 0.3) is 0 Å². The third kappa shape index (κ3) is 5.42. The van der Waals surface area contributed by atoms with E-state index in [1.54, 1.807) is 0 Å². The number of carbonyl (C=O) groups excluding carboxylic acids is 1. The molecule has 144 valence electrons. The maximum Gasteiger partial charge on any atom is 0.225 e. The molecule has 1 aliphatic carbocycles. The molecule has 0 spiro atoms. The van der Waals surface area contributed by atoms with E-state index in [2.05, 4.69) is 20.6 Å². The van der Waals surface area contributed by atoms with Crippen molar-refractivity contribution in [1.82, 2.24) is 15.3 Å². The van der Waals surface area contributed by atoms with E-state index in [-0.39, 0.29) is 11.8 Å². The lowest BCUT2D eigenvalue weighted by Gasteiger charge is -2.28. The van der Waals surface area contributed by atoms with E-state index >= 15 is 0 Å². The molecular formula is C21H29N5O. The highest BCUT2D eigenvalue weighted by molar-refractivity contribution is 5.78. The number of benzene rings is 1. The molecule has 6 heteroatoms. The van der Waals surface area contributed by atoms with Crippen LogP contribution in [-0.4, -0.2) is 36.0 Å². The number of nitrogens with zero attached hydrogens (tertiary/aromatic N) is 3. The zero-order chi connectivity index (χ0) is 19.2. The first-order valence-corrected chi connectivity index (χ1v) is 9.62. The SMILES string of the molecule is Cc1cc(N(C)C)nc(NC2CCC(C(=O)NCc3ccccc3)CC2)n1. The van der Waals surface area contributed by atoms with E-state index in [9.17, 15) is 4.79 Å². The molecule has 1 heterocycles. The van der Waals surface area contributed by atoms with Gasteiger partial charge in [0.25, 0.3) is 0 Å². The number of rotatable bonds is 6. The van der Waals surface area contributed by atoms with Crippen LogP contribution in [-0.2, 0) is 11.3 Å². The van der Waals surface area contributed by atoms with Gasteiger partial charge in [-0.1, -0.05) is 30.3 Å². The summed E-state index contributed by atoms with van der Waals surface area (Å²) in [6.45, 7) is 2.58. The molecular weight excluding hydrogens is 338 g/mol. The fourth-order valence-corrected chi connectivity index (χ4v) is 3.46. The van der Waals surface area contributed by atoms with Crippen LogP contribution < -0.4 is 15.5 Å². The zero-order valence-electron chi connectivity index (χ0n) is 16.4. The van der Waals surface area contributed by atoms with Crippen LogP contribution in [0.1, 0.15) is 36.9 Å². The van der Waals surface area contributed by atoms with E-state index in [4.69, 9.17) is 0 Å². The Labute approximate surface area is 161 Å². The second-order valence-electron chi connectivity index (χ2n) is 7.48. The lowest BCUT2D eigenvalue weighted by molar-refractivity contribution is -0.126. The minimum Gasteiger partial charge on any atom is -0.363 e. The molecule has 27 heavy (non-hydrogen) atoms. The van der Waals surface area contributed by atoms with Crippen molar-refractivity contribution in [3.05, 3.63) is 47.7 Å². The van der Waals surface area contributed by atoms with Gasteiger partial charge in [0.15, 0.2) is 0 Å². The van der Waals surface area contributed by atoms with Crippen LogP contribution in [0.5, 0.6) is 0 Å². The molecule has 3 rings (SSSR count). The molecule has 2 N–H and O–H groups in total. The first-order valence-electron chi connectivity index (χ1n) is 9.62. The topological polar surface area (TPSA) is 70.2 Å². The molecule has 0 radical (unpaired) electrons. The van der Waals surface area contributed by atoms with Crippen molar-refractivity contribution < 1.29 is 4.79 Å². The highest BCUT2D eigenvalue weighted by Crippen LogP contribution is 2.26. The third-order valence-electron chi connectivity index (χ3n) is 5.04. The summed E-state index contributed by atoms with van der Waals surface area (Å²) in [5, 5.41) is 6.52. The van der Waals surface area contributed by atoms with Gasteiger partial charge in [-0.2, -0.15) is 4.98 Å². The molecule has 2 aromatic rings. The van der Waals surface area contributed by atoms with Gasteiger partial charge in [0.1, 0.15) is 5.82 Å². The Morgan fingerprint density at radius 1 is 1.11 bits per heavy atom. The summed E-state index contributed by atoms with van der Waals surface area (Å²) in [5.74, 6) is 1.84. The number of anilines is 2. The van der Waals surface area contributed by atoms with E-state index in [0.717, 1.165) is 42.8 Å². The Hall–Kier alpha value is -2.63. The highest BCUT2D eigenvalue weighted by atomic mass is 16.1. The number of nitrogens with one attached hydrogen (secondary N) is 2. The van der Waals surface area contributed by atoms with Gasteiger partial charge in [-0.15, -0.1) is 0 Å². The van der Waals surface area contributed by atoms with Gasteiger partial charge < -0.3 is 15.5 Å². The molecule has 1 aromatic carbocycles. The number of aromatic nitrogens is 2. The Balaban J connectivity index is 1.48. The monoisotopic (exact) mass is 367 g/mol. The van der Waals surface area contributed by atoms with Crippen LogP contribution >= 0.6 is 0 Å². The van der Waals surface area contributed by atoms with Crippen molar-refractivity contribution in [3.8, 4) is 0 Å². The van der Waals surface area contributed by atoms with Gasteiger partial charge >= 0.3 is 0 Å². The number of hydrogen-bond donors (Lipinski definition) is 2. The minimum absolute atomic E-state index is 0.0996. The van der Waals surface area contributed by atoms with Gasteiger partial charge in [-0.05, 0) is 38.2 Å². The van der Waals surface area contributed by atoms with Crippen LogP contribution in [0.15, 0.2) is 36.4 Å². The van der Waals surface area contributed by atoms with Crippen LogP contribution in [0.2, 0.25) is 0 Å². The molecule has 0 saturated heterocycles. The number of amides is 1. The molecule has 1 amide bonds. The summed E-state index contributed by atoms with van der Waals surface area (Å²) < 4.78 is 0. The van der Waals surface area contributed by atoms with Crippen molar-refractivity contribution >= 4 is 17.7 Å². The molecule has 0 aliphatic heterocycles. The smallest absolute Gasteiger partial charge is 0.225 e. The van der Waals surface area contributed by atoms with Crippen LogP contribution in [0.4, 0.5) is 11.8 Å². The maximum absolute atomic E-state index is 12.4. The standard InChI is InChI=1S/C21H29N5O/c1-15-13-19(26(2)3)25-21(23-15)24-18-11-9-17(10-12-18)20(27)22-14-16-7-5-4-6-8-16/h4-8,13,17-18H,9-12,14H2,1-3H3,(H,22,27)(H,23,24,25). The van der Waals surface area contributed by atoms with Gasteiger partial charge in [-0.3, -0.25) is 4.79 Å². The second-order valence-corrected chi connectivity index (χ2v) is 7.48. The van der Waals surface area contributed by atoms with Gasteiger partial charge in [0, 0.05) is 44.4 Å².